The van der Waals surface area contributed by atoms with Crippen molar-refractivity contribution in [2.75, 3.05) is 31.8 Å². The van der Waals surface area contributed by atoms with Crippen molar-refractivity contribution >= 4 is 23.3 Å². The van der Waals surface area contributed by atoms with Crippen molar-refractivity contribution in [3.05, 3.63) is 59.2 Å². The lowest BCUT2D eigenvalue weighted by Crippen LogP contribution is -2.24. The number of anilines is 1. The van der Waals surface area contributed by atoms with Crippen LogP contribution in [0.15, 0.2) is 42.5 Å². The van der Waals surface area contributed by atoms with Crippen LogP contribution < -0.4 is 9.64 Å². The van der Waals surface area contributed by atoms with Crippen molar-refractivity contribution in [2.24, 2.45) is 0 Å². The Morgan fingerprint density at radius 3 is 2.63 bits per heavy atom. The first-order valence-electron chi connectivity index (χ1n) is 9.89. The molecule has 0 spiro atoms. The molecule has 1 aliphatic rings. The van der Waals surface area contributed by atoms with E-state index in [4.69, 9.17) is 14.2 Å². The van der Waals surface area contributed by atoms with E-state index in [0.29, 0.717) is 48.7 Å². The van der Waals surface area contributed by atoms with Crippen LogP contribution in [0.1, 0.15) is 46.0 Å². The van der Waals surface area contributed by atoms with Crippen molar-refractivity contribution in [3.63, 3.8) is 0 Å². The number of amides is 1. The molecule has 0 aromatic heterocycles. The van der Waals surface area contributed by atoms with E-state index in [1.165, 1.54) is 0 Å². The molecular formula is C23H25NO6. The number of carbonyl (C=O) groups is 3. The second-order valence-electron chi connectivity index (χ2n) is 6.86. The highest BCUT2D eigenvalue weighted by atomic mass is 16.5. The van der Waals surface area contributed by atoms with Gasteiger partial charge in [-0.25, -0.2) is 4.79 Å². The van der Waals surface area contributed by atoms with Gasteiger partial charge in [0.2, 0.25) is 5.91 Å². The molecule has 1 aliphatic heterocycles. The number of ether oxygens (including phenoxy) is 3. The van der Waals surface area contributed by atoms with Gasteiger partial charge in [-0.05, 0) is 43.7 Å². The average molecular weight is 411 g/mol. The van der Waals surface area contributed by atoms with Gasteiger partial charge in [-0.1, -0.05) is 12.1 Å². The van der Waals surface area contributed by atoms with Gasteiger partial charge in [0.15, 0.2) is 12.4 Å². The van der Waals surface area contributed by atoms with E-state index in [0.717, 1.165) is 12.0 Å². The standard InChI is InChI=1S/C23H25NO6/c1-3-29-14-18-12-17(9-10-21(18)28-2)23(27)30-15-20(25)16-6-4-7-19(13-16)24-11-5-8-22(24)26/h4,6-7,9-10,12-13H,3,5,8,11,14-15H2,1-2H3. The SMILES string of the molecule is CCOCc1cc(C(=O)OCC(=O)c2cccc(N3CCCC3=O)c2)ccc1OC. The number of hydrogen-bond donors (Lipinski definition) is 0. The number of ketones is 1. The maximum atomic E-state index is 12.5. The summed E-state index contributed by atoms with van der Waals surface area (Å²) < 4.78 is 15.9. The Morgan fingerprint density at radius 2 is 1.93 bits per heavy atom. The topological polar surface area (TPSA) is 82.1 Å². The molecule has 158 valence electrons. The summed E-state index contributed by atoms with van der Waals surface area (Å²) in [5.41, 5.74) is 2.12. The molecule has 2 aromatic carbocycles. The average Bonchev–Trinajstić information content (AvgIpc) is 3.21. The lowest BCUT2D eigenvalue weighted by atomic mass is 10.1. The van der Waals surface area contributed by atoms with Crippen molar-refractivity contribution in [3.8, 4) is 5.75 Å². The van der Waals surface area contributed by atoms with E-state index in [2.05, 4.69) is 0 Å². The predicted octanol–water partition coefficient (Wildman–Crippen LogP) is 3.40. The zero-order valence-corrected chi connectivity index (χ0v) is 17.2. The maximum absolute atomic E-state index is 12.5. The summed E-state index contributed by atoms with van der Waals surface area (Å²) in [6.45, 7) is 2.98. The summed E-state index contributed by atoms with van der Waals surface area (Å²) in [4.78, 5) is 38.5. The number of benzene rings is 2. The second-order valence-corrected chi connectivity index (χ2v) is 6.86. The number of carbonyl (C=O) groups excluding carboxylic acids is 3. The first-order chi connectivity index (χ1) is 14.5. The lowest BCUT2D eigenvalue weighted by Gasteiger charge is -2.16. The largest absolute Gasteiger partial charge is 0.496 e. The molecule has 0 bridgehead atoms. The normalized spacial score (nSPS) is 13.4. The highest BCUT2D eigenvalue weighted by Gasteiger charge is 2.22. The molecule has 7 heteroatoms. The Morgan fingerprint density at radius 1 is 1.10 bits per heavy atom. The van der Waals surface area contributed by atoms with Crippen molar-refractivity contribution < 1.29 is 28.6 Å². The Labute approximate surface area is 175 Å². The van der Waals surface area contributed by atoms with Gasteiger partial charge in [-0.3, -0.25) is 9.59 Å². The number of methoxy groups -OCH3 is 1. The third-order valence-electron chi connectivity index (χ3n) is 4.87. The van der Waals surface area contributed by atoms with Gasteiger partial charge >= 0.3 is 5.97 Å². The van der Waals surface area contributed by atoms with Crippen LogP contribution in [0.4, 0.5) is 5.69 Å². The van der Waals surface area contributed by atoms with E-state index in [1.54, 1.807) is 54.5 Å². The predicted molar refractivity (Wildman–Crippen MR) is 111 cm³/mol. The molecule has 1 saturated heterocycles. The van der Waals surface area contributed by atoms with Gasteiger partial charge in [-0.15, -0.1) is 0 Å². The van der Waals surface area contributed by atoms with Crippen LogP contribution in [-0.4, -0.2) is 44.5 Å². The van der Waals surface area contributed by atoms with Gasteiger partial charge in [0.05, 0.1) is 19.3 Å². The van der Waals surface area contributed by atoms with Crippen molar-refractivity contribution in [1.29, 1.82) is 0 Å². The van der Waals surface area contributed by atoms with E-state index >= 15 is 0 Å². The zero-order valence-electron chi connectivity index (χ0n) is 17.2. The molecule has 30 heavy (non-hydrogen) atoms. The monoisotopic (exact) mass is 411 g/mol. The molecule has 0 radical (unpaired) electrons. The van der Waals surface area contributed by atoms with E-state index in [-0.39, 0.29) is 18.3 Å². The molecular weight excluding hydrogens is 386 g/mol. The molecule has 1 amide bonds. The van der Waals surface area contributed by atoms with E-state index < -0.39 is 5.97 Å². The van der Waals surface area contributed by atoms with Crippen LogP contribution in [0.2, 0.25) is 0 Å². The summed E-state index contributed by atoms with van der Waals surface area (Å²) in [6, 6.07) is 11.7. The molecule has 7 nitrogen and oxygen atoms in total. The lowest BCUT2D eigenvalue weighted by molar-refractivity contribution is -0.117. The van der Waals surface area contributed by atoms with Crippen LogP contribution >= 0.6 is 0 Å². The first kappa shape index (κ1) is 21.5. The Bertz CT molecular complexity index is 939. The smallest absolute Gasteiger partial charge is 0.338 e. The first-order valence-corrected chi connectivity index (χ1v) is 9.89. The molecule has 1 fully saturated rings. The molecule has 0 atom stereocenters. The zero-order chi connectivity index (χ0) is 21.5. The number of esters is 1. The van der Waals surface area contributed by atoms with Gasteiger partial charge in [0, 0.05) is 36.4 Å². The quantitative estimate of drug-likeness (QED) is 0.465. The minimum atomic E-state index is -0.602. The van der Waals surface area contributed by atoms with Gasteiger partial charge in [0.1, 0.15) is 5.75 Å². The Balaban J connectivity index is 1.64. The summed E-state index contributed by atoms with van der Waals surface area (Å²) in [5.74, 6) is -0.271. The highest BCUT2D eigenvalue weighted by molar-refractivity contribution is 6.01. The molecule has 2 aromatic rings. The van der Waals surface area contributed by atoms with Crippen LogP contribution in [0.5, 0.6) is 5.75 Å². The fourth-order valence-corrected chi connectivity index (χ4v) is 3.30. The van der Waals surface area contributed by atoms with E-state index in [9.17, 15) is 14.4 Å². The second kappa shape index (κ2) is 10.0. The van der Waals surface area contributed by atoms with Gasteiger partial charge in [-0.2, -0.15) is 0 Å². The fraction of sp³-hybridized carbons (Fsp3) is 0.348. The molecule has 0 saturated carbocycles. The molecule has 1 heterocycles. The number of hydrogen-bond acceptors (Lipinski definition) is 6. The number of nitrogens with zero attached hydrogens (tertiary/aromatic N) is 1. The van der Waals surface area contributed by atoms with E-state index in [1.807, 2.05) is 6.92 Å². The Kier molecular flexibility index (Phi) is 7.19. The molecule has 0 N–H and O–H groups in total. The number of rotatable bonds is 9. The number of Topliss-reactive ketones (excluding diaryl/α,β-unsaturated/α-hetero) is 1. The third-order valence-corrected chi connectivity index (χ3v) is 4.87. The van der Waals surface area contributed by atoms with Crippen molar-refractivity contribution in [2.45, 2.75) is 26.4 Å². The van der Waals surface area contributed by atoms with Crippen LogP contribution in [0, 0.1) is 0 Å². The van der Waals surface area contributed by atoms with Crippen LogP contribution in [0.3, 0.4) is 0 Å². The molecule has 0 aliphatic carbocycles. The third kappa shape index (κ3) is 5.04. The highest BCUT2D eigenvalue weighted by Crippen LogP contribution is 2.23. The fourth-order valence-electron chi connectivity index (χ4n) is 3.30. The van der Waals surface area contributed by atoms with Crippen LogP contribution in [-0.2, 0) is 20.9 Å². The maximum Gasteiger partial charge on any atom is 0.338 e. The van der Waals surface area contributed by atoms with Crippen molar-refractivity contribution in [1.82, 2.24) is 0 Å². The Hall–Kier alpha value is -3.19. The molecule has 3 rings (SSSR count). The summed E-state index contributed by atoms with van der Waals surface area (Å²) >= 11 is 0. The minimum absolute atomic E-state index is 0.0494. The summed E-state index contributed by atoms with van der Waals surface area (Å²) in [6.07, 6.45) is 1.32. The summed E-state index contributed by atoms with van der Waals surface area (Å²) in [5, 5.41) is 0. The van der Waals surface area contributed by atoms with Gasteiger partial charge < -0.3 is 19.1 Å². The minimum Gasteiger partial charge on any atom is -0.496 e. The molecule has 0 unspecified atom stereocenters. The van der Waals surface area contributed by atoms with Crippen LogP contribution in [0.25, 0.3) is 0 Å². The summed E-state index contributed by atoms with van der Waals surface area (Å²) in [7, 11) is 1.55. The van der Waals surface area contributed by atoms with Gasteiger partial charge in [0.25, 0.3) is 0 Å².